The summed E-state index contributed by atoms with van der Waals surface area (Å²) in [5.41, 5.74) is 1.85. The van der Waals surface area contributed by atoms with Crippen LogP contribution >= 0.6 is 0 Å². The van der Waals surface area contributed by atoms with E-state index >= 15 is 0 Å². The highest BCUT2D eigenvalue weighted by molar-refractivity contribution is 7.89. The summed E-state index contributed by atoms with van der Waals surface area (Å²) in [4.78, 5) is 14.2. The number of sulfonamides is 1. The van der Waals surface area contributed by atoms with Gasteiger partial charge in [-0.3, -0.25) is 4.79 Å². The predicted octanol–water partition coefficient (Wildman–Crippen LogP) is 2.10. The van der Waals surface area contributed by atoms with Gasteiger partial charge in [-0.1, -0.05) is 17.7 Å². The summed E-state index contributed by atoms with van der Waals surface area (Å²) in [6.45, 7) is 2.42. The van der Waals surface area contributed by atoms with E-state index in [1.165, 1.54) is 26.4 Å². The highest BCUT2D eigenvalue weighted by Gasteiger charge is 2.36. The summed E-state index contributed by atoms with van der Waals surface area (Å²) in [5, 5.41) is 0. The normalized spacial score (nSPS) is 17.2. The predicted molar refractivity (Wildman–Crippen MR) is 102 cm³/mol. The zero-order valence-electron chi connectivity index (χ0n) is 15.4. The summed E-state index contributed by atoms with van der Waals surface area (Å²) in [7, 11) is -1.13. The molecule has 7 nitrogen and oxygen atoms in total. The van der Waals surface area contributed by atoms with Gasteiger partial charge in [-0.2, -0.15) is 4.72 Å². The summed E-state index contributed by atoms with van der Waals surface area (Å²) >= 11 is 0. The Bertz CT molecular complexity index is 941. The van der Waals surface area contributed by atoms with Crippen molar-refractivity contribution in [3.05, 3.63) is 48.0 Å². The van der Waals surface area contributed by atoms with Gasteiger partial charge in [-0.05, 0) is 37.6 Å². The molecule has 2 aromatic rings. The molecule has 2 aromatic carbocycles. The van der Waals surface area contributed by atoms with Crippen molar-refractivity contribution in [1.29, 1.82) is 0 Å². The van der Waals surface area contributed by atoms with E-state index < -0.39 is 16.1 Å². The Balaban J connectivity index is 1.83. The van der Waals surface area contributed by atoms with Gasteiger partial charge in [-0.25, -0.2) is 8.42 Å². The Morgan fingerprint density at radius 1 is 1.07 bits per heavy atom. The molecule has 0 radical (unpaired) electrons. The lowest BCUT2D eigenvalue weighted by atomic mass is 10.2. The van der Waals surface area contributed by atoms with Gasteiger partial charge in [0.1, 0.15) is 22.4 Å². The number of ether oxygens (including phenoxy) is 2. The van der Waals surface area contributed by atoms with Crippen LogP contribution in [-0.2, 0) is 14.8 Å². The maximum atomic E-state index is 12.9. The average molecular weight is 390 g/mol. The second-order valence-corrected chi connectivity index (χ2v) is 7.99. The average Bonchev–Trinajstić information content (AvgIpc) is 3.01. The van der Waals surface area contributed by atoms with Gasteiger partial charge < -0.3 is 14.4 Å². The fraction of sp³-hybridized carbons (Fsp3) is 0.316. The Kier molecular flexibility index (Phi) is 5.38. The summed E-state index contributed by atoms with van der Waals surface area (Å²) in [6.07, 6.45) is 0.387. The maximum absolute atomic E-state index is 12.9. The molecule has 1 aliphatic rings. The second-order valence-electron chi connectivity index (χ2n) is 6.30. The van der Waals surface area contributed by atoms with Crippen molar-refractivity contribution in [2.45, 2.75) is 24.3 Å². The number of hydrogen-bond acceptors (Lipinski definition) is 5. The van der Waals surface area contributed by atoms with Crippen LogP contribution in [0.3, 0.4) is 0 Å². The molecule has 1 heterocycles. The highest BCUT2D eigenvalue weighted by atomic mass is 32.2. The highest BCUT2D eigenvalue weighted by Crippen LogP contribution is 2.29. The Labute approximate surface area is 158 Å². The molecule has 1 saturated heterocycles. The molecule has 3 rings (SSSR count). The number of benzene rings is 2. The smallest absolute Gasteiger partial charge is 0.245 e. The standard InChI is InChI=1S/C19H22N2O5S/c1-13-4-6-14(7-5-13)21-11-10-16(19(21)22)20-27(23,24)18-12-15(25-2)8-9-17(18)26-3/h4-9,12,16,20H,10-11H2,1-3H3/t16-/m1/s1. The van der Waals surface area contributed by atoms with Crippen LogP contribution in [0.4, 0.5) is 5.69 Å². The Morgan fingerprint density at radius 2 is 1.78 bits per heavy atom. The molecule has 1 atom stereocenters. The quantitative estimate of drug-likeness (QED) is 0.816. The molecular formula is C19H22N2O5S. The fourth-order valence-electron chi connectivity index (χ4n) is 3.02. The molecule has 1 aliphatic heterocycles. The lowest BCUT2D eigenvalue weighted by Gasteiger charge is -2.18. The number of anilines is 1. The molecule has 27 heavy (non-hydrogen) atoms. The third kappa shape index (κ3) is 3.91. The number of carbonyl (C=O) groups excluding carboxylic acids is 1. The van der Waals surface area contributed by atoms with Crippen LogP contribution < -0.4 is 19.1 Å². The first kappa shape index (κ1) is 19.2. The van der Waals surface area contributed by atoms with E-state index in [0.717, 1.165) is 11.3 Å². The molecule has 1 amide bonds. The lowest BCUT2D eigenvalue weighted by Crippen LogP contribution is -2.41. The zero-order valence-corrected chi connectivity index (χ0v) is 16.2. The van der Waals surface area contributed by atoms with E-state index in [1.807, 2.05) is 31.2 Å². The van der Waals surface area contributed by atoms with Crippen molar-refractivity contribution in [2.24, 2.45) is 0 Å². The van der Waals surface area contributed by atoms with E-state index in [9.17, 15) is 13.2 Å². The van der Waals surface area contributed by atoms with Crippen molar-refractivity contribution in [2.75, 3.05) is 25.7 Å². The second kappa shape index (κ2) is 7.58. The van der Waals surface area contributed by atoms with E-state index in [0.29, 0.717) is 18.7 Å². The summed E-state index contributed by atoms with van der Waals surface area (Å²) in [5.74, 6) is 0.295. The first-order chi connectivity index (χ1) is 12.9. The van der Waals surface area contributed by atoms with E-state index in [-0.39, 0.29) is 16.6 Å². The lowest BCUT2D eigenvalue weighted by molar-refractivity contribution is -0.118. The van der Waals surface area contributed by atoms with Crippen molar-refractivity contribution in [3.8, 4) is 11.5 Å². The van der Waals surface area contributed by atoms with Crippen LogP contribution in [0.25, 0.3) is 0 Å². The zero-order chi connectivity index (χ0) is 19.6. The van der Waals surface area contributed by atoms with Gasteiger partial charge in [-0.15, -0.1) is 0 Å². The number of nitrogens with one attached hydrogen (secondary N) is 1. The summed E-state index contributed by atoms with van der Waals surface area (Å²) < 4.78 is 38.5. The van der Waals surface area contributed by atoms with Crippen LogP contribution in [0.15, 0.2) is 47.4 Å². The van der Waals surface area contributed by atoms with Gasteiger partial charge in [0, 0.05) is 18.3 Å². The fourth-order valence-corrected chi connectivity index (χ4v) is 4.42. The minimum atomic E-state index is -3.97. The minimum Gasteiger partial charge on any atom is -0.497 e. The monoisotopic (exact) mass is 390 g/mol. The SMILES string of the molecule is COc1ccc(OC)c(S(=O)(=O)N[C@@H]2CCN(c3ccc(C)cc3)C2=O)c1. The number of rotatable bonds is 6. The molecule has 0 saturated carbocycles. The van der Waals surface area contributed by atoms with Crippen LogP contribution in [0.2, 0.25) is 0 Å². The molecule has 0 aliphatic carbocycles. The van der Waals surface area contributed by atoms with Crippen LogP contribution in [0, 0.1) is 6.92 Å². The van der Waals surface area contributed by atoms with Gasteiger partial charge in [0.05, 0.1) is 14.2 Å². The third-order valence-electron chi connectivity index (χ3n) is 4.51. The molecule has 144 valence electrons. The van der Waals surface area contributed by atoms with Crippen molar-refractivity contribution in [1.82, 2.24) is 4.72 Å². The van der Waals surface area contributed by atoms with Crippen LogP contribution in [-0.4, -0.2) is 41.1 Å². The topological polar surface area (TPSA) is 84.9 Å². The molecule has 1 N–H and O–H groups in total. The number of hydrogen-bond donors (Lipinski definition) is 1. The van der Waals surface area contributed by atoms with Crippen LogP contribution in [0.5, 0.6) is 11.5 Å². The van der Waals surface area contributed by atoms with E-state index in [4.69, 9.17) is 9.47 Å². The van der Waals surface area contributed by atoms with Gasteiger partial charge in [0.25, 0.3) is 0 Å². The largest absolute Gasteiger partial charge is 0.497 e. The third-order valence-corrected chi connectivity index (χ3v) is 6.00. The van der Waals surface area contributed by atoms with Crippen molar-refractivity contribution < 1.29 is 22.7 Å². The van der Waals surface area contributed by atoms with Crippen molar-refractivity contribution >= 4 is 21.6 Å². The molecule has 0 spiro atoms. The Hall–Kier alpha value is -2.58. The van der Waals surface area contributed by atoms with Gasteiger partial charge in [0.2, 0.25) is 15.9 Å². The molecule has 0 aromatic heterocycles. The molecule has 0 unspecified atom stereocenters. The number of carbonyl (C=O) groups is 1. The van der Waals surface area contributed by atoms with E-state index in [1.54, 1.807) is 11.0 Å². The molecule has 8 heteroatoms. The molecule has 0 bridgehead atoms. The minimum absolute atomic E-state index is 0.0639. The maximum Gasteiger partial charge on any atom is 0.245 e. The number of methoxy groups -OCH3 is 2. The molecule has 1 fully saturated rings. The summed E-state index contributed by atoms with van der Waals surface area (Å²) in [6, 6.07) is 11.2. The van der Waals surface area contributed by atoms with E-state index in [2.05, 4.69) is 4.72 Å². The molecular weight excluding hydrogens is 368 g/mol. The van der Waals surface area contributed by atoms with Gasteiger partial charge in [0.15, 0.2) is 0 Å². The van der Waals surface area contributed by atoms with Crippen LogP contribution in [0.1, 0.15) is 12.0 Å². The van der Waals surface area contributed by atoms with Gasteiger partial charge >= 0.3 is 0 Å². The first-order valence-corrected chi connectivity index (χ1v) is 9.96. The number of aryl methyl sites for hydroxylation is 1. The number of nitrogens with zero attached hydrogens (tertiary/aromatic N) is 1. The van der Waals surface area contributed by atoms with Crippen molar-refractivity contribution in [3.63, 3.8) is 0 Å². The Morgan fingerprint density at radius 3 is 2.41 bits per heavy atom. The number of amides is 1. The first-order valence-electron chi connectivity index (χ1n) is 8.48.